The Labute approximate surface area is 291 Å². The first kappa shape index (κ1) is 30.2. The molecule has 47 heavy (non-hydrogen) atoms. The van der Waals surface area contributed by atoms with Gasteiger partial charge in [0.05, 0.1) is 33.4 Å². The van der Waals surface area contributed by atoms with Gasteiger partial charge in [-0.15, -0.1) is 0 Å². The maximum atomic E-state index is 15.9. The van der Waals surface area contributed by atoms with E-state index in [-0.39, 0.29) is 16.5 Å². The van der Waals surface area contributed by atoms with Crippen molar-refractivity contribution in [1.82, 2.24) is 0 Å². The summed E-state index contributed by atoms with van der Waals surface area (Å²) in [5, 5.41) is 1.46. The van der Waals surface area contributed by atoms with E-state index in [1.807, 2.05) is 60.7 Å². The number of fused-ring (bicyclic) bond motifs is 5. The Morgan fingerprint density at radius 2 is 0.894 bits per heavy atom. The fraction of sp³-hybridized carbons (Fsp3) is 0.103. The van der Waals surface area contributed by atoms with E-state index in [1.165, 1.54) is 6.07 Å². The molecule has 3 aliphatic rings. The van der Waals surface area contributed by atoms with E-state index in [0.717, 1.165) is 16.0 Å². The van der Waals surface area contributed by atoms with Crippen molar-refractivity contribution in [2.24, 2.45) is 11.8 Å². The Bertz CT molecular complexity index is 2020. The van der Waals surface area contributed by atoms with E-state index in [9.17, 15) is 0 Å². The van der Waals surface area contributed by atoms with Crippen LogP contribution in [0.2, 0.25) is 20.1 Å². The molecule has 4 nitrogen and oxygen atoms in total. The van der Waals surface area contributed by atoms with Gasteiger partial charge in [0.1, 0.15) is 0 Å². The minimum Gasteiger partial charge on any atom is -0.297 e. The molecule has 1 heterocycles. The summed E-state index contributed by atoms with van der Waals surface area (Å²) < 4.78 is 0. The fourth-order valence-corrected chi connectivity index (χ4v) is 8.87. The van der Waals surface area contributed by atoms with Gasteiger partial charge in [0.15, 0.2) is 5.78 Å². The summed E-state index contributed by atoms with van der Waals surface area (Å²) in [6.07, 6.45) is 0. The van der Waals surface area contributed by atoms with Crippen molar-refractivity contribution in [2.75, 3.05) is 4.90 Å². The third kappa shape index (κ3) is 3.99. The van der Waals surface area contributed by atoms with Crippen molar-refractivity contribution in [3.05, 3.63) is 170 Å². The highest BCUT2D eigenvalue weighted by molar-refractivity contribution is 6.42. The van der Waals surface area contributed by atoms with Gasteiger partial charge in [0.2, 0.25) is 11.8 Å². The van der Waals surface area contributed by atoms with Gasteiger partial charge in [-0.1, -0.05) is 131 Å². The van der Waals surface area contributed by atoms with Crippen LogP contribution in [-0.2, 0) is 25.2 Å². The number of carbonyl (C=O) groups is 3. The number of Topliss-reactive ketones (excluding diaryl/α,β-unsaturated/α-hetero) is 1. The molecular weight excluding hydrogens is 672 g/mol. The molecule has 1 aliphatic heterocycles. The number of ketones is 1. The van der Waals surface area contributed by atoms with Crippen LogP contribution >= 0.6 is 46.4 Å². The maximum absolute atomic E-state index is 15.9. The molecule has 2 amide bonds. The molecule has 230 valence electrons. The topological polar surface area (TPSA) is 54.5 Å². The predicted molar refractivity (Wildman–Crippen MR) is 187 cm³/mol. The minimum atomic E-state index is -1.58. The lowest BCUT2D eigenvalue weighted by atomic mass is 9.59. The summed E-state index contributed by atoms with van der Waals surface area (Å²) in [6, 6.07) is 37.9. The number of rotatable bonds is 5. The quantitative estimate of drug-likeness (QED) is 0.172. The smallest absolute Gasteiger partial charge is 0.239 e. The van der Waals surface area contributed by atoms with Crippen LogP contribution in [0, 0.1) is 11.8 Å². The number of amides is 2. The van der Waals surface area contributed by atoms with Crippen molar-refractivity contribution in [2.45, 2.75) is 10.8 Å². The average Bonchev–Trinajstić information content (AvgIpc) is 3.59. The molecule has 8 heteroatoms. The standard InChI is InChI=1S/C39H23Cl4NO3/c40-26-15-11-24(12-16-26)38-31(22-7-3-1-4-8-22)32(23-9-5-2-6-10-23)39(37(38)47,25-13-17-27(41)18-14-25)34-33(38)35(45)44(36(34)46)30-21-28(42)19-20-29(30)43/h1-21,33-34H/t33-,34+,38-,39-/m0/s1. The molecule has 4 atom stereocenters. The van der Waals surface area contributed by atoms with E-state index >= 15 is 14.4 Å². The second-order valence-corrected chi connectivity index (χ2v) is 13.7. The Hall–Kier alpha value is -4.19. The summed E-state index contributed by atoms with van der Waals surface area (Å²) in [7, 11) is 0. The second-order valence-electron chi connectivity index (χ2n) is 12.0. The summed E-state index contributed by atoms with van der Waals surface area (Å²) in [5.41, 5.74) is 1.05. The van der Waals surface area contributed by atoms with Crippen molar-refractivity contribution in [1.29, 1.82) is 0 Å². The molecule has 2 aliphatic carbocycles. The summed E-state index contributed by atoms with van der Waals surface area (Å²) in [4.78, 5) is 47.2. The fourth-order valence-electron chi connectivity index (χ4n) is 8.25. The Morgan fingerprint density at radius 3 is 1.32 bits per heavy atom. The Kier molecular flexibility index (Phi) is 7.02. The first-order valence-electron chi connectivity index (χ1n) is 15.0. The van der Waals surface area contributed by atoms with Crippen LogP contribution in [0.3, 0.4) is 0 Å². The number of allylic oxidation sites excluding steroid dienone is 2. The number of anilines is 1. The van der Waals surface area contributed by atoms with E-state index < -0.39 is 34.5 Å². The molecule has 0 aromatic heterocycles. The van der Waals surface area contributed by atoms with Gasteiger partial charge in [-0.25, -0.2) is 4.90 Å². The number of hydrogen-bond donors (Lipinski definition) is 0. The lowest BCUT2D eigenvalue weighted by Crippen LogP contribution is -2.45. The molecule has 0 spiro atoms. The second kappa shape index (κ2) is 10.9. The number of halogens is 4. The molecule has 1 saturated carbocycles. The maximum Gasteiger partial charge on any atom is 0.239 e. The molecular formula is C39H23Cl4NO3. The van der Waals surface area contributed by atoms with Gasteiger partial charge < -0.3 is 0 Å². The van der Waals surface area contributed by atoms with Crippen LogP contribution in [0.15, 0.2) is 127 Å². The lowest BCUT2D eigenvalue weighted by molar-refractivity contribution is -0.130. The van der Waals surface area contributed by atoms with Crippen molar-refractivity contribution < 1.29 is 14.4 Å². The third-order valence-electron chi connectivity index (χ3n) is 9.87. The molecule has 0 N–H and O–H groups in total. The van der Waals surface area contributed by atoms with Crippen molar-refractivity contribution >= 4 is 80.8 Å². The summed E-state index contributed by atoms with van der Waals surface area (Å²) in [5.74, 6) is -3.53. The van der Waals surface area contributed by atoms with E-state index in [2.05, 4.69) is 0 Å². The van der Waals surface area contributed by atoms with Gasteiger partial charge in [-0.05, 0) is 75.9 Å². The van der Waals surface area contributed by atoms with Crippen LogP contribution in [0.4, 0.5) is 5.69 Å². The van der Waals surface area contributed by atoms with Gasteiger partial charge in [0, 0.05) is 15.1 Å². The SMILES string of the molecule is O=C1[C@@H]2[C@H](C(=O)N1c1cc(Cl)ccc1Cl)[C@@]1(c3ccc(Cl)cc3)C(=O)[C@@]2(c2ccc(Cl)cc2)C(c2ccccc2)=C1c1ccccc1. The molecule has 1 saturated heterocycles. The lowest BCUT2D eigenvalue weighted by Gasteiger charge is -2.39. The number of imide groups is 1. The van der Waals surface area contributed by atoms with Crippen LogP contribution < -0.4 is 4.90 Å². The Morgan fingerprint density at radius 1 is 0.489 bits per heavy atom. The van der Waals surface area contributed by atoms with Crippen LogP contribution in [-0.4, -0.2) is 17.6 Å². The van der Waals surface area contributed by atoms with Gasteiger partial charge in [0.25, 0.3) is 0 Å². The van der Waals surface area contributed by atoms with Crippen molar-refractivity contribution in [3.63, 3.8) is 0 Å². The van der Waals surface area contributed by atoms with E-state index in [1.54, 1.807) is 60.7 Å². The van der Waals surface area contributed by atoms with Crippen LogP contribution in [0.25, 0.3) is 11.1 Å². The summed E-state index contributed by atoms with van der Waals surface area (Å²) >= 11 is 25.9. The monoisotopic (exact) mass is 693 g/mol. The zero-order valence-corrected chi connectivity index (χ0v) is 27.5. The first-order valence-corrected chi connectivity index (χ1v) is 16.5. The predicted octanol–water partition coefficient (Wildman–Crippen LogP) is 9.49. The zero-order valence-electron chi connectivity index (χ0n) is 24.5. The molecule has 5 aromatic rings. The van der Waals surface area contributed by atoms with E-state index in [4.69, 9.17) is 46.4 Å². The molecule has 2 fully saturated rings. The first-order chi connectivity index (χ1) is 22.7. The highest BCUT2D eigenvalue weighted by Crippen LogP contribution is 2.74. The highest BCUT2D eigenvalue weighted by atomic mass is 35.5. The molecule has 0 unspecified atom stereocenters. The number of nitrogens with zero attached hydrogens (tertiary/aromatic N) is 1. The number of hydrogen-bond acceptors (Lipinski definition) is 3. The van der Waals surface area contributed by atoms with Gasteiger partial charge in [-0.2, -0.15) is 0 Å². The minimum absolute atomic E-state index is 0.176. The Balaban J connectivity index is 1.56. The molecule has 2 bridgehead atoms. The number of benzene rings is 5. The normalized spacial score (nSPS) is 24.8. The van der Waals surface area contributed by atoms with Gasteiger partial charge in [-0.3, -0.25) is 14.4 Å². The van der Waals surface area contributed by atoms with Crippen LogP contribution in [0.1, 0.15) is 22.3 Å². The van der Waals surface area contributed by atoms with Crippen LogP contribution in [0.5, 0.6) is 0 Å². The van der Waals surface area contributed by atoms with E-state index in [0.29, 0.717) is 37.3 Å². The molecule has 0 radical (unpaired) electrons. The molecule has 5 aromatic carbocycles. The third-order valence-corrected chi connectivity index (χ3v) is 10.9. The highest BCUT2D eigenvalue weighted by Gasteiger charge is 2.82. The zero-order chi connectivity index (χ0) is 32.7. The largest absolute Gasteiger partial charge is 0.297 e. The average molecular weight is 695 g/mol. The van der Waals surface area contributed by atoms with Crippen molar-refractivity contribution in [3.8, 4) is 0 Å². The summed E-state index contributed by atoms with van der Waals surface area (Å²) in [6.45, 7) is 0. The van der Waals surface area contributed by atoms with Gasteiger partial charge >= 0.3 is 0 Å². The number of carbonyl (C=O) groups excluding carboxylic acids is 3. The molecule has 8 rings (SSSR count).